The fourth-order valence-electron chi connectivity index (χ4n) is 0.293. The van der Waals surface area contributed by atoms with Gasteiger partial charge in [-0.1, -0.05) is 11.8 Å². The average molecular weight is 162 g/mol. The predicted molar refractivity (Wildman–Crippen MR) is 42.1 cm³/mol. The first-order valence-corrected chi connectivity index (χ1v) is 3.60. The quantitative estimate of drug-likeness (QED) is 0.209. The lowest BCUT2D eigenvalue weighted by atomic mass is 10.5. The number of thioether (sulfide) groups is 1. The van der Waals surface area contributed by atoms with Crippen LogP contribution in [-0.4, -0.2) is 16.8 Å². The molecular formula is C4H10N4OS. The number of rotatable bonds is 3. The molecule has 0 spiro atoms. The molecule has 0 aliphatic carbocycles. The van der Waals surface area contributed by atoms with Crippen molar-refractivity contribution in [3.05, 3.63) is 0 Å². The summed E-state index contributed by atoms with van der Waals surface area (Å²) in [6.45, 7) is 0. The molecule has 0 rings (SSSR count). The van der Waals surface area contributed by atoms with E-state index in [1.807, 2.05) is 0 Å². The number of hydrazone groups is 1. The summed E-state index contributed by atoms with van der Waals surface area (Å²) in [7, 11) is 0. The van der Waals surface area contributed by atoms with E-state index in [9.17, 15) is 4.79 Å². The maximum absolute atomic E-state index is 10.2. The molecule has 0 fully saturated rings. The Bertz CT molecular complexity index is 146. The van der Waals surface area contributed by atoms with Crippen molar-refractivity contribution in [2.24, 2.45) is 22.4 Å². The molecule has 0 aromatic heterocycles. The highest BCUT2D eigenvalue weighted by atomic mass is 32.2. The number of nitrogens with two attached hydrogens (primary N) is 3. The summed E-state index contributed by atoms with van der Waals surface area (Å²) in [5, 5.41) is 3.46. The number of primary amides is 1. The van der Waals surface area contributed by atoms with Crippen molar-refractivity contribution in [1.82, 2.24) is 0 Å². The molecule has 1 amide bonds. The van der Waals surface area contributed by atoms with Gasteiger partial charge in [-0.05, 0) is 0 Å². The molecule has 0 bridgehead atoms. The van der Waals surface area contributed by atoms with Crippen molar-refractivity contribution >= 4 is 22.8 Å². The van der Waals surface area contributed by atoms with Crippen LogP contribution in [0.2, 0.25) is 0 Å². The number of amidine groups is 1. The minimum absolute atomic E-state index is 0.265. The monoisotopic (exact) mass is 162 g/mol. The molecule has 0 saturated carbocycles. The zero-order valence-corrected chi connectivity index (χ0v) is 6.23. The van der Waals surface area contributed by atoms with E-state index in [-0.39, 0.29) is 11.1 Å². The fourth-order valence-corrected chi connectivity index (χ4v) is 0.880. The van der Waals surface area contributed by atoms with E-state index in [1.165, 1.54) is 11.8 Å². The molecular weight excluding hydrogens is 152 g/mol. The largest absolute Gasteiger partial charge is 0.377 e. The zero-order valence-electron chi connectivity index (χ0n) is 5.41. The van der Waals surface area contributed by atoms with E-state index >= 15 is 0 Å². The maximum atomic E-state index is 10.2. The van der Waals surface area contributed by atoms with Crippen LogP contribution in [0.5, 0.6) is 0 Å². The molecule has 0 radical (unpaired) electrons. The third kappa shape index (κ3) is 5.23. The Morgan fingerprint density at radius 1 is 1.50 bits per heavy atom. The normalized spacial score (nSPS) is 11.4. The summed E-state index contributed by atoms with van der Waals surface area (Å²) >= 11 is 1.21. The van der Waals surface area contributed by atoms with E-state index in [2.05, 4.69) is 5.10 Å². The van der Waals surface area contributed by atoms with E-state index in [0.717, 1.165) is 0 Å². The van der Waals surface area contributed by atoms with Crippen molar-refractivity contribution in [3.63, 3.8) is 0 Å². The second kappa shape index (κ2) is 4.92. The van der Waals surface area contributed by atoms with Crippen LogP contribution in [0, 0.1) is 0 Å². The number of carbonyl (C=O) groups excluding carboxylic acids is 1. The topological polar surface area (TPSA) is 107 Å². The third-order valence-electron chi connectivity index (χ3n) is 0.726. The van der Waals surface area contributed by atoms with E-state index < -0.39 is 0 Å². The van der Waals surface area contributed by atoms with Gasteiger partial charge in [-0.3, -0.25) is 4.79 Å². The maximum Gasteiger partial charge on any atom is 0.218 e. The first-order chi connectivity index (χ1) is 4.66. The van der Waals surface area contributed by atoms with Crippen LogP contribution < -0.4 is 17.3 Å². The Hall–Kier alpha value is -0.910. The van der Waals surface area contributed by atoms with Gasteiger partial charge in [0.05, 0.1) is 0 Å². The van der Waals surface area contributed by atoms with Crippen molar-refractivity contribution in [2.75, 3.05) is 5.75 Å². The smallest absolute Gasteiger partial charge is 0.218 e. The molecule has 0 aliphatic heterocycles. The van der Waals surface area contributed by atoms with Gasteiger partial charge in [0.15, 0.2) is 5.17 Å². The van der Waals surface area contributed by atoms with Crippen LogP contribution in [-0.2, 0) is 4.79 Å². The van der Waals surface area contributed by atoms with Gasteiger partial charge in [0.2, 0.25) is 5.91 Å². The molecule has 0 heterocycles. The predicted octanol–water partition coefficient (Wildman–Crippen LogP) is -1.22. The Kier molecular flexibility index (Phi) is 4.47. The highest BCUT2D eigenvalue weighted by Gasteiger charge is 1.96. The van der Waals surface area contributed by atoms with Gasteiger partial charge >= 0.3 is 0 Å². The van der Waals surface area contributed by atoms with Gasteiger partial charge in [-0.2, -0.15) is 5.10 Å². The Morgan fingerprint density at radius 3 is 2.50 bits per heavy atom. The number of hydrogen-bond acceptors (Lipinski definition) is 4. The zero-order chi connectivity index (χ0) is 7.98. The summed E-state index contributed by atoms with van der Waals surface area (Å²) in [5.41, 5.74) is 10.1. The first-order valence-electron chi connectivity index (χ1n) is 2.61. The first kappa shape index (κ1) is 9.09. The van der Waals surface area contributed by atoms with Crippen molar-refractivity contribution < 1.29 is 4.79 Å². The van der Waals surface area contributed by atoms with Crippen LogP contribution >= 0.6 is 11.8 Å². The summed E-state index contributed by atoms with van der Waals surface area (Å²) in [6.07, 6.45) is 0.293. The summed E-state index contributed by atoms with van der Waals surface area (Å²) in [5.74, 6) is 4.99. The van der Waals surface area contributed by atoms with Crippen molar-refractivity contribution in [2.45, 2.75) is 6.42 Å². The number of hydrogen-bond donors (Lipinski definition) is 3. The minimum Gasteiger partial charge on any atom is -0.377 e. The van der Waals surface area contributed by atoms with E-state index in [0.29, 0.717) is 12.2 Å². The lowest BCUT2D eigenvalue weighted by Gasteiger charge is -1.94. The second-order valence-electron chi connectivity index (χ2n) is 1.53. The summed E-state index contributed by atoms with van der Waals surface area (Å²) in [6, 6.07) is 0. The van der Waals surface area contributed by atoms with Crippen LogP contribution in [0.1, 0.15) is 6.42 Å². The highest BCUT2D eigenvalue weighted by Crippen LogP contribution is 1.99. The molecule has 5 nitrogen and oxygen atoms in total. The molecule has 0 unspecified atom stereocenters. The molecule has 0 saturated heterocycles. The van der Waals surface area contributed by atoms with Crippen LogP contribution in [0.3, 0.4) is 0 Å². The van der Waals surface area contributed by atoms with Crippen molar-refractivity contribution in [1.29, 1.82) is 0 Å². The number of amides is 1. The molecule has 6 N–H and O–H groups in total. The molecule has 0 aromatic rings. The molecule has 0 atom stereocenters. The van der Waals surface area contributed by atoms with Gasteiger partial charge in [-0.25, -0.2) is 0 Å². The molecule has 0 aliphatic rings. The van der Waals surface area contributed by atoms with Gasteiger partial charge in [0.1, 0.15) is 0 Å². The number of carbonyl (C=O) groups is 1. The summed E-state index contributed by atoms with van der Waals surface area (Å²) < 4.78 is 0. The van der Waals surface area contributed by atoms with Gasteiger partial charge in [-0.15, -0.1) is 0 Å². The lowest BCUT2D eigenvalue weighted by molar-refractivity contribution is -0.117. The van der Waals surface area contributed by atoms with Crippen LogP contribution in [0.15, 0.2) is 5.10 Å². The van der Waals surface area contributed by atoms with Crippen LogP contribution in [0.25, 0.3) is 0 Å². The highest BCUT2D eigenvalue weighted by molar-refractivity contribution is 8.13. The molecule has 58 valence electrons. The third-order valence-corrected chi connectivity index (χ3v) is 1.54. The van der Waals surface area contributed by atoms with E-state index in [1.54, 1.807) is 0 Å². The fraction of sp³-hybridized carbons (Fsp3) is 0.500. The van der Waals surface area contributed by atoms with Crippen LogP contribution in [0.4, 0.5) is 0 Å². The Balaban J connectivity index is 3.29. The SMILES string of the molecule is N/N=C(\N)SCCC(N)=O. The Morgan fingerprint density at radius 2 is 2.10 bits per heavy atom. The second-order valence-corrected chi connectivity index (χ2v) is 2.65. The van der Waals surface area contributed by atoms with Crippen molar-refractivity contribution in [3.8, 4) is 0 Å². The molecule has 6 heteroatoms. The minimum atomic E-state index is -0.350. The van der Waals surface area contributed by atoms with Gasteiger partial charge in [0.25, 0.3) is 0 Å². The molecule has 0 aromatic carbocycles. The molecule has 10 heavy (non-hydrogen) atoms. The Labute approximate surface area is 63.0 Å². The van der Waals surface area contributed by atoms with Gasteiger partial charge in [0, 0.05) is 12.2 Å². The number of nitrogens with zero attached hydrogens (tertiary/aromatic N) is 1. The lowest BCUT2D eigenvalue weighted by Crippen LogP contribution is -2.14. The summed E-state index contributed by atoms with van der Waals surface area (Å²) in [4.78, 5) is 10.2. The standard InChI is InChI=1S/C4H10N4OS/c5-3(9)1-2-10-4(6)8-7/h1-2,7H2,(H2,5,9)(H2,6,8). The van der Waals surface area contributed by atoms with E-state index in [4.69, 9.17) is 17.3 Å². The van der Waals surface area contributed by atoms with Gasteiger partial charge < -0.3 is 17.3 Å². The average Bonchev–Trinajstić information content (AvgIpc) is 1.87.